The standard InChI is InChI=1S/C26H27F5N4O3/c1-2-20-12-21(5-6-34(20)23-4-3-17(14-32-23)26(29,30)31)38-24-13-22(16-9-18(27)11-19(28)10-16)33-35(24)15-25-36-7-8-37-25/h3-4,9-11,13-14,20-21,25H,2,5-8,12,15H2,1H3/t20-,21-/m0/s1. The number of anilines is 1. The Kier molecular flexibility index (Phi) is 7.53. The van der Waals surface area contributed by atoms with Gasteiger partial charge in [0.25, 0.3) is 0 Å². The average molecular weight is 539 g/mol. The van der Waals surface area contributed by atoms with E-state index in [-0.39, 0.29) is 24.3 Å². The molecule has 7 nitrogen and oxygen atoms in total. The maximum atomic E-state index is 13.8. The number of aromatic nitrogens is 3. The molecule has 2 fully saturated rings. The van der Waals surface area contributed by atoms with Gasteiger partial charge >= 0.3 is 6.18 Å². The van der Waals surface area contributed by atoms with Crippen molar-refractivity contribution in [2.45, 2.75) is 57.3 Å². The van der Waals surface area contributed by atoms with Crippen LogP contribution in [0.25, 0.3) is 11.3 Å². The molecule has 5 rings (SSSR count). The van der Waals surface area contributed by atoms with Gasteiger partial charge in [-0.3, -0.25) is 0 Å². The van der Waals surface area contributed by atoms with E-state index in [0.717, 1.165) is 24.8 Å². The first-order chi connectivity index (χ1) is 18.2. The van der Waals surface area contributed by atoms with Crippen molar-refractivity contribution in [2.24, 2.45) is 0 Å². The lowest BCUT2D eigenvalue weighted by molar-refractivity contribution is -0.137. The van der Waals surface area contributed by atoms with Crippen molar-refractivity contribution < 1.29 is 36.2 Å². The molecule has 3 aromatic rings. The number of halogens is 5. The lowest BCUT2D eigenvalue weighted by atomic mass is 9.97. The lowest BCUT2D eigenvalue weighted by Crippen LogP contribution is -2.46. The fourth-order valence-electron chi connectivity index (χ4n) is 4.83. The Balaban J connectivity index is 1.34. The van der Waals surface area contributed by atoms with Gasteiger partial charge < -0.3 is 19.1 Å². The highest BCUT2D eigenvalue weighted by molar-refractivity contribution is 5.60. The predicted molar refractivity (Wildman–Crippen MR) is 128 cm³/mol. The smallest absolute Gasteiger partial charge is 0.417 e. The van der Waals surface area contributed by atoms with Gasteiger partial charge in [0.1, 0.15) is 23.6 Å². The number of pyridine rings is 1. The van der Waals surface area contributed by atoms with Crippen LogP contribution < -0.4 is 9.64 Å². The molecule has 0 unspecified atom stereocenters. The molecule has 0 saturated carbocycles. The van der Waals surface area contributed by atoms with E-state index in [1.54, 1.807) is 10.7 Å². The van der Waals surface area contributed by atoms with Crippen molar-refractivity contribution in [3.8, 4) is 17.1 Å². The van der Waals surface area contributed by atoms with Crippen LogP contribution in [0.5, 0.6) is 5.88 Å². The van der Waals surface area contributed by atoms with Crippen LogP contribution in [0, 0.1) is 11.6 Å². The molecule has 0 spiro atoms. The van der Waals surface area contributed by atoms with Gasteiger partial charge in [0, 0.05) is 49.3 Å². The minimum atomic E-state index is -4.44. The van der Waals surface area contributed by atoms with Crippen molar-refractivity contribution in [1.29, 1.82) is 0 Å². The molecule has 204 valence electrons. The second-order valence-electron chi connectivity index (χ2n) is 9.30. The van der Waals surface area contributed by atoms with E-state index in [9.17, 15) is 22.0 Å². The van der Waals surface area contributed by atoms with Crippen LogP contribution >= 0.6 is 0 Å². The van der Waals surface area contributed by atoms with Crippen molar-refractivity contribution in [2.75, 3.05) is 24.7 Å². The van der Waals surface area contributed by atoms with E-state index in [4.69, 9.17) is 14.2 Å². The maximum absolute atomic E-state index is 13.8. The van der Waals surface area contributed by atoms with Gasteiger partial charge in [-0.05, 0) is 30.7 Å². The van der Waals surface area contributed by atoms with Crippen LogP contribution in [-0.4, -0.2) is 53.0 Å². The van der Waals surface area contributed by atoms with Gasteiger partial charge in [-0.15, -0.1) is 0 Å². The van der Waals surface area contributed by atoms with Gasteiger partial charge in [-0.2, -0.15) is 18.3 Å². The van der Waals surface area contributed by atoms with Gasteiger partial charge in [-0.1, -0.05) is 6.92 Å². The molecule has 38 heavy (non-hydrogen) atoms. The second-order valence-corrected chi connectivity index (χ2v) is 9.30. The minimum Gasteiger partial charge on any atom is -0.474 e. The highest BCUT2D eigenvalue weighted by Gasteiger charge is 2.33. The van der Waals surface area contributed by atoms with Crippen LogP contribution in [0.4, 0.5) is 27.8 Å². The summed E-state index contributed by atoms with van der Waals surface area (Å²) in [4.78, 5) is 6.06. The summed E-state index contributed by atoms with van der Waals surface area (Å²) in [5.74, 6) is -0.534. The number of rotatable bonds is 7. The third-order valence-electron chi connectivity index (χ3n) is 6.71. The number of alkyl halides is 3. The van der Waals surface area contributed by atoms with Crippen LogP contribution in [0.1, 0.15) is 31.7 Å². The van der Waals surface area contributed by atoms with Gasteiger partial charge in [-0.25, -0.2) is 18.4 Å². The van der Waals surface area contributed by atoms with E-state index in [2.05, 4.69) is 10.1 Å². The molecule has 0 amide bonds. The van der Waals surface area contributed by atoms with E-state index in [1.807, 2.05) is 11.8 Å². The first-order valence-corrected chi connectivity index (χ1v) is 12.4. The summed E-state index contributed by atoms with van der Waals surface area (Å²) >= 11 is 0. The molecule has 2 aliphatic heterocycles. The molecule has 12 heteroatoms. The van der Waals surface area contributed by atoms with E-state index >= 15 is 0 Å². The van der Waals surface area contributed by atoms with Crippen LogP contribution in [-0.2, 0) is 22.2 Å². The number of hydrogen-bond donors (Lipinski definition) is 0. The first-order valence-electron chi connectivity index (χ1n) is 12.4. The molecule has 2 saturated heterocycles. The number of piperidine rings is 1. The molecule has 1 aromatic carbocycles. The van der Waals surface area contributed by atoms with Crippen LogP contribution in [0.15, 0.2) is 42.6 Å². The molecular formula is C26H27F5N4O3. The Labute approximate surface area is 216 Å². The van der Waals surface area contributed by atoms with Crippen molar-refractivity contribution in [3.05, 3.63) is 59.8 Å². The SMILES string of the molecule is CC[C@H]1C[C@@H](Oc2cc(-c3cc(F)cc(F)c3)nn2CC2OCCO2)CCN1c1ccc(C(F)(F)F)cn1. The Bertz CT molecular complexity index is 1220. The first kappa shape index (κ1) is 26.4. The minimum absolute atomic E-state index is 0.00681. The number of hydrogen-bond acceptors (Lipinski definition) is 6. The largest absolute Gasteiger partial charge is 0.474 e. The van der Waals surface area contributed by atoms with Gasteiger partial charge in [0.05, 0.1) is 31.0 Å². The normalized spacial score (nSPS) is 20.7. The van der Waals surface area contributed by atoms with Crippen LogP contribution in [0.2, 0.25) is 0 Å². The third kappa shape index (κ3) is 5.91. The summed E-state index contributed by atoms with van der Waals surface area (Å²) in [6.07, 6.45) is -2.40. The van der Waals surface area contributed by atoms with E-state index in [1.165, 1.54) is 18.2 Å². The number of ether oxygens (including phenoxy) is 3. The molecule has 2 aliphatic rings. The Morgan fingerprint density at radius 3 is 2.42 bits per heavy atom. The quantitative estimate of drug-likeness (QED) is 0.374. The molecule has 0 radical (unpaired) electrons. The highest BCUT2D eigenvalue weighted by atomic mass is 19.4. The summed E-state index contributed by atoms with van der Waals surface area (Å²) in [6.45, 7) is 3.68. The number of nitrogens with zero attached hydrogens (tertiary/aromatic N) is 4. The van der Waals surface area contributed by atoms with Crippen molar-refractivity contribution in [1.82, 2.24) is 14.8 Å². The Morgan fingerprint density at radius 1 is 1.05 bits per heavy atom. The highest BCUT2D eigenvalue weighted by Crippen LogP contribution is 2.33. The summed E-state index contributed by atoms with van der Waals surface area (Å²) in [7, 11) is 0. The second kappa shape index (κ2) is 10.9. The van der Waals surface area contributed by atoms with Gasteiger partial charge in [0.2, 0.25) is 5.88 Å². The predicted octanol–water partition coefficient (Wildman–Crippen LogP) is 5.44. The van der Waals surface area contributed by atoms with Crippen molar-refractivity contribution in [3.63, 3.8) is 0 Å². The average Bonchev–Trinajstić information content (AvgIpc) is 3.53. The monoisotopic (exact) mass is 538 g/mol. The van der Waals surface area contributed by atoms with E-state index < -0.39 is 29.7 Å². The zero-order chi connectivity index (χ0) is 26.9. The molecule has 2 atom stereocenters. The zero-order valence-corrected chi connectivity index (χ0v) is 20.6. The maximum Gasteiger partial charge on any atom is 0.417 e. The zero-order valence-electron chi connectivity index (χ0n) is 20.6. The summed E-state index contributed by atoms with van der Waals surface area (Å²) in [5, 5.41) is 4.51. The molecule has 4 heterocycles. The summed E-state index contributed by atoms with van der Waals surface area (Å²) in [5.41, 5.74) is -0.172. The topological polar surface area (TPSA) is 61.6 Å². The molecule has 0 bridgehead atoms. The number of benzene rings is 1. The molecule has 0 N–H and O–H groups in total. The van der Waals surface area contributed by atoms with E-state index in [0.29, 0.717) is 50.0 Å². The Morgan fingerprint density at radius 2 is 1.79 bits per heavy atom. The van der Waals surface area contributed by atoms with Crippen molar-refractivity contribution >= 4 is 5.82 Å². The molecule has 0 aliphatic carbocycles. The molecular weight excluding hydrogens is 511 g/mol. The fraction of sp³-hybridized carbons (Fsp3) is 0.462. The summed E-state index contributed by atoms with van der Waals surface area (Å²) in [6, 6.07) is 7.26. The third-order valence-corrected chi connectivity index (χ3v) is 6.71. The fourth-order valence-corrected chi connectivity index (χ4v) is 4.83. The lowest BCUT2D eigenvalue weighted by Gasteiger charge is -2.39. The van der Waals surface area contributed by atoms with Gasteiger partial charge in [0.15, 0.2) is 6.29 Å². The summed E-state index contributed by atoms with van der Waals surface area (Å²) < 4.78 is 85.5. The molecule has 2 aromatic heterocycles. The van der Waals surface area contributed by atoms with Crippen LogP contribution in [0.3, 0.4) is 0 Å². The Hall–Kier alpha value is -3.25.